The van der Waals surface area contributed by atoms with E-state index in [9.17, 15) is 14.4 Å². The molecule has 1 saturated carbocycles. The summed E-state index contributed by atoms with van der Waals surface area (Å²) in [7, 11) is 0. The highest BCUT2D eigenvalue weighted by Crippen LogP contribution is 2.29. The minimum atomic E-state index is -1.19. The molecule has 2 N–H and O–H groups in total. The van der Waals surface area contributed by atoms with Gasteiger partial charge in [-0.1, -0.05) is 43.5 Å². The lowest BCUT2D eigenvalue weighted by Gasteiger charge is -2.30. The average molecular weight is 378 g/mol. The molecule has 1 aromatic carbocycles. The molecule has 7 heteroatoms. The van der Waals surface area contributed by atoms with Crippen molar-refractivity contribution < 1.29 is 14.4 Å². The Balaban J connectivity index is 1.68. The second-order valence-electron chi connectivity index (χ2n) is 7.39. The van der Waals surface area contributed by atoms with Crippen LogP contribution >= 0.6 is 11.6 Å². The number of halogens is 1. The molecule has 0 aromatic heterocycles. The molecule has 2 aliphatic rings. The smallest absolute Gasteiger partial charge is 0.325 e. The summed E-state index contributed by atoms with van der Waals surface area (Å²) in [5.41, 5.74) is -0.566. The van der Waals surface area contributed by atoms with Crippen molar-refractivity contribution in [3.63, 3.8) is 0 Å². The van der Waals surface area contributed by atoms with Crippen molar-refractivity contribution in [2.75, 3.05) is 6.54 Å². The second-order valence-corrected chi connectivity index (χ2v) is 7.83. The Morgan fingerprint density at radius 3 is 2.58 bits per heavy atom. The van der Waals surface area contributed by atoms with Crippen LogP contribution in [0.1, 0.15) is 45.1 Å². The molecule has 1 aliphatic heterocycles. The van der Waals surface area contributed by atoms with Crippen molar-refractivity contribution in [3.05, 3.63) is 34.9 Å². The zero-order valence-electron chi connectivity index (χ0n) is 15.0. The Morgan fingerprint density at radius 2 is 1.92 bits per heavy atom. The number of carbonyl (C=O) groups excluding carboxylic acids is 3. The van der Waals surface area contributed by atoms with E-state index in [0.29, 0.717) is 16.5 Å². The van der Waals surface area contributed by atoms with Crippen molar-refractivity contribution >= 4 is 29.4 Å². The van der Waals surface area contributed by atoms with Gasteiger partial charge >= 0.3 is 6.03 Å². The summed E-state index contributed by atoms with van der Waals surface area (Å²) >= 11 is 5.90. The van der Waals surface area contributed by atoms with Gasteiger partial charge in [0.05, 0.1) is 0 Å². The monoisotopic (exact) mass is 377 g/mol. The van der Waals surface area contributed by atoms with Gasteiger partial charge in [0, 0.05) is 11.1 Å². The van der Waals surface area contributed by atoms with Crippen LogP contribution in [-0.2, 0) is 15.1 Å². The molecule has 1 aliphatic carbocycles. The SMILES string of the molecule is CC1CCCCC1NC(=O)CN1C(=O)NC(C)(c2ccc(Cl)cc2)C1=O. The Hall–Kier alpha value is -2.08. The van der Waals surface area contributed by atoms with Gasteiger partial charge in [-0.15, -0.1) is 0 Å². The fourth-order valence-electron chi connectivity index (χ4n) is 3.75. The minimum absolute atomic E-state index is 0.111. The van der Waals surface area contributed by atoms with E-state index in [1.54, 1.807) is 31.2 Å². The molecule has 2 fully saturated rings. The summed E-state index contributed by atoms with van der Waals surface area (Å²) in [6, 6.07) is 6.30. The fraction of sp³-hybridized carbons (Fsp3) is 0.526. The molecule has 0 spiro atoms. The zero-order chi connectivity index (χ0) is 18.9. The third-order valence-corrected chi connectivity index (χ3v) is 5.71. The average Bonchev–Trinajstić information content (AvgIpc) is 2.82. The number of benzene rings is 1. The molecule has 1 heterocycles. The first-order valence-corrected chi connectivity index (χ1v) is 9.38. The zero-order valence-corrected chi connectivity index (χ0v) is 15.8. The van der Waals surface area contributed by atoms with Crippen molar-refractivity contribution in [2.45, 2.75) is 51.1 Å². The van der Waals surface area contributed by atoms with Gasteiger partial charge < -0.3 is 10.6 Å². The molecular weight excluding hydrogens is 354 g/mol. The molecule has 26 heavy (non-hydrogen) atoms. The Morgan fingerprint density at radius 1 is 1.27 bits per heavy atom. The number of rotatable bonds is 4. The lowest BCUT2D eigenvalue weighted by atomic mass is 9.86. The van der Waals surface area contributed by atoms with Crippen molar-refractivity contribution in [1.29, 1.82) is 0 Å². The van der Waals surface area contributed by atoms with E-state index < -0.39 is 17.5 Å². The maximum absolute atomic E-state index is 12.8. The van der Waals surface area contributed by atoms with Gasteiger partial charge in [0.1, 0.15) is 12.1 Å². The van der Waals surface area contributed by atoms with Crippen molar-refractivity contribution in [3.8, 4) is 0 Å². The van der Waals surface area contributed by atoms with Crippen LogP contribution < -0.4 is 10.6 Å². The molecule has 4 amide bonds. The summed E-state index contributed by atoms with van der Waals surface area (Å²) < 4.78 is 0. The largest absolute Gasteiger partial charge is 0.352 e. The van der Waals surface area contributed by atoms with Gasteiger partial charge in [-0.3, -0.25) is 14.5 Å². The molecule has 3 rings (SSSR count). The first-order valence-electron chi connectivity index (χ1n) is 9.01. The molecule has 6 nitrogen and oxygen atoms in total. The summed E-state index contributed by atoms with van der Waals surface area (Å²) in [6.07, 6.45) is 4.30. The minimum Gasteiger partial charge on any atom is -0.352 e. The second kappa shape index (κ2) is 7.27. The number of carbonyl (C=O) groups is 3. The van der Waals surface area contributed by atoms with E-state index in [2.05, 4.69) is 17.6 Å². The number of nitrogens with one attached hydrogen (secondary N) is 2. The summed E-state index contributed by atoms with van der Waals surface area (Å²) in [5.74, 6) is -0.320. The molecule has 1 saturated heterocycles. The van der Waals surface area contributed by atoms with Crippen LogP contribution in [-0.4, -0.2) is 35.3 Å². The van der Waals surface area contributed by atoms with Gasteiger partial charge in [0.2, 0.25) is 5.91 Å². The maximum atomic E-state index is 12.8. The number of urea groups is 1. The Kier molecular flexibility index (Phi) is 5.23. The van der Waals surface area contributed by atoms with Crippen LogP contribution in [0.15, 0.2) is 24.3 Å². The fourth-order valence-corrected chi connectivity index (χ4v) is 3.87. The Labute approximate surface area is 158 Å². The highest BCUT2D eigenvalue weighted by atomic mass is 35.5. The van der Waals surface area contributed by atoms with Crippen LogP contribution in [0.2, 0.25) is 5.02 Å². The third-order valence-electron chi connectivity index (χ3n) is 5.46. The number of imide groups is 1. The van der Waals surface area contributed by atoms with Crippen LogP contribution in [0.5, 0.6) is 0 Å². The highest BCUT2D eigenvalue weighted by molar-refractivity contribution is 6.30. The Bertz CT molecular complexity index is 721. The summed E-state index contributed by atoms with van der Waals surface area (Å²) in [5, 5.41) is 6.23. The van der Waals surface area contributed by atoms with Gasteiger partial charge in [0.15, 0.2) is 0 Å². The molecule has 0 radical (unpaired) electrons. The highest BCUT2D eigenvalue weighted by Gasteiger charge is 2.49. The molecule has 3 atom stereocenters. The van der Waals surface area contributed by atoms with E-state index in [0.717, 1.165) is 24.2 Å². The van der Waals surface area contributed by atoms with E-state index >= 15 is 0 Å². The number of nitrogens with zero attached hydrogens (tertiary/aromatic N) is 1. The van der Waals surface area contributed by atoms with Crippen LogP contribution in [0.25, 0.3) is 0 Å². The molecule has 3 unspecified atom stereocenters. The lowest BCUT2D eigenvalue weighted by Crippen LogP contribution is -2.47. The van der Waals surface area contributed by atoms with Gasteiger partial charge in [0.25, 0.3) is 5.91 Å². The predicted octanol–water partition coefficient (Wildman–Crippen LogP) is 2.80. The maximum Gasteiger partial charge on any atom is 0.325 e. The first-order chi connectivity index (χ1) is 12.3. The molecule has 140 valence electrons. The van der Waals surface area contributed by atoms with Crippen molar-refractivity contribution in [1.82, 2.24) is 15.5 Å². The van der Waals surface area contributed by atoms with Crippen LogP contribution in [0.4, 0.5) is 4.79 Å². The predicted molar refractivity (Wildman–Crippen MR) is 98.6 cm³/mol. The molecular formula is C19H24ClN3O3. The molecule has 0 bridgehead atoms. The van der Waals surface area contributed by atoms with Crippen LogP contribution in [0.3, 0.4) is 0 Å². The number of amides is 4. The van der Waals surface area contributed by atoms with E-state index in [1.807, 2.05) is 0 Å². The molecule has 1 aromatic rings. The summed E-state index contributed by atoms with van der Waals surface area (Å²) in [6.45, 7) is 3.49. The summed E-state index contributed by atoms with van der Waals surface area (Å²) in [4.78, 5) is 38.5. The normalized spacial score (nSPS) is 28.8. The van der Waals surface area contributed by atoms with E-state index in [-0.39, 0.29) is 18.5 Å². The quantitative estimate of drug-likeness (QED) is 0.792. The first kappa shape index (κ1) is 18.7. The van der Waals surface area contributed by atoms with E-state index in [4.69, 9.17) is 11.6 Å². The van der Waals surface area contributed by atoms with E-state index in [1.165, 1.54) is 6.42 Å². The van der Waals surface area contributed by atoms with Crippen molar-refractivity contribution in [2.24, 2.45) is 5.92 Å². The number of hydrogen-bond acceptors (Lipinski definition) is 3. The standard InChI is InChI=1S/C19H24ClN3O3/c1-12-5-3-4-6-15(12)21-16(24)11-23-17(25)19(2,22-18(23)26)13-7-9-14(20)10-8-13/h7-10,12,15H,3-6,11H2,1-2H3,(H,21,24)(H,22,26). The number of hydrogen-bond donors (Lipinski definition) is 2. The van der Waals surface area contributed by atoms with Gasteiger partial charge in [-0.25, -0.2) is 4.79 Å². The third kappa shape index (κ3) is 3.56. The lowest BCUT2D eigenvalue weighted by molar-refractivity contribution is -0.135. The van der Waals surface area contributed by atoms with Gasteiger partial charge in [-0.2, -0.15) is 0 Å². The topological polar surface area (TPSA) is 78.5 Å². The van der Waals surface area contributed by atoms with Gasteiger partial charge in [-0.05, 0) is 43.4 Å². The van der Waals surface area contributed by atoms with Crippen LogP contribution in [0, 0.1) is 5.92 Å².